The number of aromatic amines is 2. The Kier molecular flexibility index (Phi) is 9.24. The molecule has 4 saturated carbocycles. The normalized spacial score (nSPS) is 35.0. The quantitative estimate of drug-likeness (QED) is 0.326. The standard InChI is InChI=1S/C46H60N4/c1-29-13-17-33(18-14-29)45-39-25-21-35(47-39)43(31-9-5-3-6-10-31)37-23-27-41(49-37)46(34-19-15-30(2)16-20-34)42-28-24-38(50-42)44(32-11-7-4-8-12-32)36-22-26-40(45)48-36/h21-35,43,49-50H,3-20H2,1-2H3/b44-38?,45-40-,46-42-. The number of nitrogens with zero attached hydrogens (tertiary/aromatic N) is 2. The summed E-state index contributed by atoms with van der Waals surface area (Å²) >= 11 is 0. The summed E-state index contributed by atoms with van der Waals surface area (Å²) < 4.78 is 0. The fourth-order valence-electron chi connectivity index (χ4n) is 11.3. The van der Waals surface area contributed by atoms with Crippen LogP contribution in [0.15, 0.2) is 69.8 Å². The molecule has 8 bridgehead atoms. The molecule has 0 radical (unpaired) electrons. The molecule has 4 fully saturated rings. The van der Waals surface area contributed by atoms with E-state index in [2.05, 4.69) is 72.4 Å². The highest BCUT2D eigenvalue weighted by Crippen LogP contribution is 2.44. The average Bonchev–Trinajstić information content (AvgIpc) is 3.98. The van der Waals surface area contributed by atoms with Gasteiger partial charge >= 0.3 is 0 Å². The van der Waals surface area contributed by atoms with Gasteiger partial charge in [0.1, 0.15) is 0 Å². The first-order valence-corrected chi connectivity index (χ1v) is 21.0. The van der Waals surface area contributed by atoms with Crippen molar-refractivity contribution in [1.82, 2.24) is 9.97 Å². The maximum absolute atomic E-state index is 5.74. The lowest BCUT2D eigenvalue weighted by Gasteiger charge is -2.32. The van der Waals surface area contributed by atoms with Crippen molar-refractivity contribution in [3.8, 4) is 0 Å². The van der Waals surface area contributed by atoms with Crippen LogP contribution in [0.4, 0.5) is 0 Å². The lowest BCUT2D eigenvalue weighted by atomic mass is 9.75. The molecule has 50 heavy (non-hydrogen) atoms. The van der Waals surface area contributed by atoms with Crippen molar-refractivity contribution >= 4 is 22.6 Å². The Morgan fingerprint density at radius 3 is 1.86 bits per heavy atom. The lowest BCUT2D eigenvalue weighted by molar-refractivity contribution is 0.288. The Labute approximate surface area is 300 Å². The Balaban J connectivity index is 1.27. The van der Waals surface area contributed by atoms with Gasteiger partial charge in [0, 0.05) is 44.7 Å². The van der Waals surface area contributed by atoms with Crippen LogP contribution in [0.2, 0.25) is 0 Å². The van der Waals surface area contributed by atoms with E-state index in [1.807, 2.05) is 0 Å². The van der Waals surface area contributed by atoms with Crippen molar-refractivity contribution in [2.24, 2.45) is 45.5 Å². The summed E-state index contributed by atoms with van der Waals surface area (Å²) in [6, 6.07) is 9.91. The molecular weight excluding hydrogens is 609 g/mol. The van der Waals surface area contributed by atoms with Crippen LogP contribution in [-0.2, 0) is 0 Å². The van der Waals surface area contributed by atoms with Crippen LogP contribution in [-0.4, -0.2) is 27.4 Å². The highest BCUT2D eigenvalue weighted by molar-refractivity contribution is 6.27. The van der Waals surface area contributed by atoms with Gasteiger partial charge in [-0.25, -0.2) is 4.99 Å². The first-order valence-electron chi connectivity index (χ1n) is 21.0. The molecular formula is C46H60N4. The fourth-order valence-corrected chi connectivity index (χ4v) is 11.3. The Morgan fingerprint density at radius 1 is 0.540 bits per heavy atom. The van der Waals surface area contributed by atoms with Crippen molar-refractivity contribution in [1.29, 1.82) is 0 Å². The van der Waals surface area contributed by atoms with Crippen LogP contribution in [0.3, 0.4) is 0 Å². The van der Waals surface area contributed by atoms with Gasteiger partial charge in [-0.3, -0.25) is 4.99 Å². The zero-order chi connectivity index (χ0) is 33.6. The number of hydrogen-bond donors (Lipinski definition) is 2. The van der Waals surface area contributed by atoms with Crippen LogP contribution in [0, 0.1) is 35.5 Å². The first-order chi connectivity index (χ1) is 24.6. The van der Waals surface area contributed by atoms with Crippen LogP contribution >= 0.6 is 0 Å². The molecule has 0 spiro atoms. The molecule has 9 rings (SSSR count). The van der Waals surface area contributed by atoms with E-state index < -0.39 is 0 Å². The minimum atomic E-state index is 0.180. The van der Waals surface area contributed by atoms with Crippen molar-refractivity contribution < 1.29 is 0 Å². The molecule has 4 aliphatic carbocycles. The van der Waals surface area contributed by atoms with Gasteiger partial charge in [-0.15, -0.1) is 0 Å². The number of allylic oxidation sites excluding steroid dienone is 4. The van der Waals surface area contributed by atoms with Gasteiger partial charge in [-0.1, -0.05) is 84.1 Å². The molecule has 0 aromatic carbocycles. The van der Waals surface area contributed by atoms with Crippen molar-refractivity contribution in [2.75, 3.05) is 0 Å². The molecule has 4 nitrogen and oxygen atoms in total. The van der Waals surface area contributed by atoms with Gasteiger partial charge in [0.05, 0.1) is 23.2 Å². The maximum Gasteiger partial charge on any atom is 0.0776 e. The summed E-state index contributed by atoms with van der Waals surface area (Å²) in [6.07, 6.45) is 33.2. The fraction of sp³-hybridized carbons (Fsp3) is 0.609. The second kappa shape index (κ2) is 14.1. The molecule has 264 valence electrons. The molecule has 0 amide bonds. The second-order valence-electron chi connectivity index (χ2n) is 17.6. The summed E-state index contributed by atoms with van der Waals surface area (Å²) in [5, 5.41) is 2.61. The topological polar surface area (TPSA) is 56.3 Å². The average molecular weight is 669 g/mol. The molecule has 2 atom stereocenters. The van der Waals surface area contributed by atoms with Gasteiger partial charge < -0.3 is 9.97 Å². The number of H-pyrrole nitrogens is 2. The molecule has 2 N–H and O–H groups in total. The number of rotatable bonds is 4. The van der Waals surface area contributed by atoms with Gasteiger partial charge in [0.2, 0.25) is 0 Å². The highest BCUT2D eigenvalue weighted by atomic mass is 14.9. The van der Waals surface area contributed by atoms with Crippen LogP contribution in [0.5, 0.6) is 0 Å². The van der Waals surface area contributed by atoms with Gasteiger partial charge in [-0.05, 0) is 129 Å². The summed E-state index contributed by atoms with van der Waals surface area (Å²) in [7, 11) is 0. The Bertz CT molecular complexity index is 1830. The summed E-state index contributed by atoms with van der Waals surface area (Å²) in [6.45, 7) is 4.89. The minimum absolute atomic E-state index is 0.180. The van der Waals surface area contributed by atoms with Crippen LogP contribution in [0.25, 0.3) is 11.1 Å². The minimum Gasteiger partial charge on any atom is -0.358 e. The van der Waals surface area contributed by atoms with Gasteiger partial charge in [0.25, 0.3) is 0 Å². The van der Waals surface area contributed by atoms with E-state index in [9.17, 15) is 0 Å². The first kappa shape index (κ1) is 32.7. The maximum atomic E-state index is 5.74. The molecule has 4 heteroatoms. The van der Waals surface area contributed by atoms with Crippen molar-refractivity contribution in [2.45, 2.75) is 141 Å². The zero-order valence-electron chi connectivity index (χ0n) is 30.9. The molecule has 2 aromatic heterocycles. The third-order valence-electron chi connectivity index (χ3n) is 14.2. The van der Waals surface area contributed by atoms with Crippen LogP contribution in [0.1, 0.15) is 147 Å². The van der Waals surface area contributed by atoms with Crippen molar-refractivity contribution in [3.05, 3.63) is 81.9 Å². The molecule has 5 heterocycles. The van der Waals surface area contributed by atoms with Crippen LogP contribution < -0.4 is 10.7 Å². The number of fused-ring (bicyclic) bond motifs is 6. The van der Waals surface area contributed by atoms with Gasteiger partial charge in [0.15, 0.2) is 0 Å². The second-order valence-corrected chi connectivity index (χ2v) is 17.6. The van der Waals surface area contributed by atoms with E-state index in [0.29, 0.717) is 29.6 Å². The zero-order valence-corrected chi connectivity index (χ0v) is 30.9. The van der Waals surface area contributed by atoms with Gasteiger partial charge in [-0.2, -0.15) is 0 Å². The van der Waals surface area contributed by atoms with E-state index in [1.165, 1.54) is 172 Å². The summed E-state index contributed by atoms with van der Waals surface area (Å²) in [4.78, 5) is 19.6. The predicted molar refractivity (Wildman–Crippen MR) is 209 cm³/mol. The molecule has 2 aromatic rings. The molecule has 7 aliphatic rings. The SMILES string of the molecule is CC1CCC(/C2=C3\C=CC(=N3)C(C3CCCCC3)=c3cc/c([nH]3)=C(\C3CCC(C)CC3)c3ccc([nH]3)C(C3CCCCC3)C3C=CC2=N3)CC1. The largest absolute Gasteiger partial charge is 0.358 e. The smallest absolute Gasteiger partial charge is 0.0776 e. The van der Waals surface area contributed by atoms with E-state index in [1.54, 1.807) is 0 Å². The number of nitrogens with one attached hydrogen (secondary N) is 2. The third-order valence-corrected chi connectivity index (χ3v) is 14.2. The van der Waals surface area contributed by atoms with Crippen molar-refractivity contribution in [3.63, 3.8) is 0 Å². The molecule has 3 aliphatic heterocycles. The predicted octanol–water partition coefficient (Wildman–Crippen LogP) is 10.2. The number of hydrogen-bond acceptors (Lipinski definition) is 2. The van der Waals surface area contributed by atoms with E-state index in [-0.39, 0.29) is 6.04 Å². The number of aliphatic imine (C=N–C) groups is 2. The highest BCUT2D eigenvalue weighted by Gasteiger charge is 2.37. The van der Waals surface area contributed by atoms with E-state index >= 15 is 0 Å². The number of aromatic nitrogens is 2. The molecule has 2 unspecified atom stereocenters. The summed E-state index contributed by atoms with van der Waals surface area (Å²) in [5.74, 6) is 4.36. The van der Waals surface area contributed by atoms with E-state index in [0.717, 1.165) is 11.8 Å². The third kappa shape index (κ3) is 6.32. The van der Waals surface area contributed by atoms with E-state index in [4.69, 9.17) is 9.98 Å². The monoisotopic (exact) mass is 668 g/mol. The lowest BCUT2D eigenvalue weighted by Crippen LogP contribution is -2.27. The Morgan fingerprint density at radius 2 is 1.16 bits per heavy atom. The summed E-state index contributed by atoms with van der Waals surface area (Å²) in [5.41, 5.74) is 10.8. The Hall–Kier alpha value is -3.14. The molecule has 0 saturated heterocycles.